The topological polar surface area (TPSA) is 121 Å². The number of benzene rings is 4. The number of aromatic nitrogens is 1. The number of rotatable bonds is 11. The molecule has 0 amide bonds. The average molecular weight is 536 g/mol. The Kier molecular flexibility index (Phi) is 7.89. The second-order valence-electron chi connectivity index (χ2n) is 9.44. The molecule has 0 atom stereocenters. The van der Waals surface area contributed by atoms with E-state index in [4.69, 9.17) is 15.6 Å². The first-order valence-corrected chi connectivity index (χ1v) is 13.0. The molecule has 8 nitrogen and oxygen atoms in total. The summed E-state index contributed by atoms with van der Waals surface area (Å²) in [5, 5.41) is 21.7. The lowest BCUT2D eigenvalue weighted by molar-refractivity contribution is -0.384. The van der Waals surface area contributed by atoms with Crippen LogP contribution < -0.4 is 10.5 Å². The number of fused-ring (bicyclic) bond motifs is 1. The lowest BCUT2D eigenvalue weighted by Gasteiger charge is -2.25. The fourth-order valence-electron chi connectivity index (χ4n) is 5.24. The summed E-state index contributed by atoms with van der Waals surface area (Å²) in [7, 11) is 0. The zero-order chi connectivity index (χ0) is 28.1. The third-order valence-electron chi connectivity index (χ3n) is 7.01. The fraction of sp³-hybridized carbons (Fsp3) is 0.156. The van der Waals surface area contributed by atoms with Crippen molar-refractivity contribution in [1.29, 1.82) is 0 Å². The van der Waals surface area contributed by atoms with E-state index in [0.717, 1.165) is 33.3 Å². The molecule has 0 saturated heterocycles. The third-order valence-corrected chi connectivity index (χ3v) is 7.01. The molecular weight excluding hydrogens is 506 g/mol. The summed E-state index contributed by atoms with van der Waals surface area (Å²) in [6.07, 6.45) is 1.05. The van der Waals surface area contributed by atoms with Gasteiger partial charge in [0.05, 0.1) is 23.1 Å². The van der Waals surface area contributed by atoms with E-state index in [9.17, 15) is 14.9 Å². The first-order valence-electron chi connectivity index (χ1n) is 13.0. The van der Waals surface area contributed by atoms with Crippen LogP contribution in [0.5, 0.6) is 5.75 Å². The Labute approximate surface area is 231 Å². The quantitative estimate of drug-likeness (QED) is 0.158. The smallest absolute Gasteiger partial charge is 0.335 e. The molecule has 0 saturated carbocycles. The van der Waals surface area contributed by atoms with Crippen LogP contribution >= 0.6 is 0 Å². The Morgan fingerprint density at radius 1 is 0.900 bits per heavy atom. The van der Waals surface area contributed by atoms with Crippen LogP contribution in [0.4, 0.5) is 5.69 Å². The average Bonchev–Trinajstić information content (AvgIpc) is 3.27. The highest BCUT2D eigenvalue weighted by Gasteiger charge is 2.26. The van der Waals surface area contributed by atoms with Crippen LogP contribution in [-0.2, 0) is 12.8 Å². The van der Waals surface area contributed by atoms with Crippen LogP contribution in [0.15, 0.2) is 103 Å². The van der Waals surface area contributed by atoms with E-state index in [-0.39, 0.29) is 22.2 Å². The molecule has 1 heterocycles. The van der Waals surface area contributed by atoms with Gasteiger partial charge in [-0.2, -0.15) is 0 Å². The molecule has 0 spiro atoms. The van der Waals surface area contributed by atoms with Crippen molar-refractivity contribution in [3.8, 4) is 5.75 Å². The summed E-state index contributed by atoms with van der Waals surface area (Å²) in [5.74, 6) is -0.453. The molecule has 1 aromatic heterocycles. The van der Waals surface area contributed by atoms with E-state index in [2.05, 4.69) is 28.8 Å². The van der Waals surface area contributed by atoms with E-state index in [1.54, 1.807) is 24.3 Å². The highest BCUT2D eigenvalue weighted by molar-refractivity contribution is 5.88. The van der Waals surface area contributed by atoms with Crippen molar-refractivity contribution < 1.29 is 19.6 Å². The minimum Gasteiger partial charge on any atom is -0.493 e. The van der Waals surface area contributed by atoms with Gasteiger partial charge in [-0.25, -0.2) is 4.79 Å². The van der Waals surface area contributed by atoms with Crippen LogP contribution in [0.2, 0.25) is 0 Å². The monoisotopic (exact) mass is 535 g/mol. The van der Waals surface area contributed by atoms with Gasteiger partial charge in [0.2, 0.25) is 0 Å². The van der Waals surface area contributed by atoms with Gasteiger partial charge in [0.25, 0.3) is 5.69 Å². The SMILES string of the molecule is NCCc1c(CCOc2ccc(C(=O)O)cc2)c2cc([N+](=O)[O-])ccc2n1C(c1ccccc1)c1ccccc1. The molecule has 8 heteroatoms. The van der Waals surface area contributed by atoms with E-state index in [1.807, 2.05) is 42.5 Å². The zero-order valence-corrected chi connectivity index (χ0v) is 21.8. The number of carboxylic acids is 1. The number of nitro groups is 1. The Bertz CT molecular complexity index is 1590. The van der Waals surface area contributed by atoms with Crippen molar-refractivity contribution in [1.82, 2.24) is 4.57 Å². The Morgan fingerprint density at radius 3 is 2.08 bits per heavy atom. The van der Waals surface area contributed by atoms with E-state index in [0.29, 0.717) is 31.7 Å². The Morgan fingerprint density at radius 2 is 1.52 bits per heavy atom. The number of hydrogen-bond acceptors (Lipinski definition) is 5. The zero-order valence-electron chi connectivity index (χ0n) is 21.8. The van der Waals surface area contributed by atoms with Crippen LogP contribution in [0, 0.1) is 10.1 Å². The molecule has 40 heavy (non-hydrogen) atoms. The Balaban J connectivity index is 1.63. The summed E-state index contributed by atoms with van der Waals surface area (Å²) in [6.45, 7) is 0.701. The van der Waals surface area contributed by atoms with Crippen molar-refractivity contribution in [3.63, 3.8) is 0 Å². The maximum Gasteiger partial charge on any atom is 0.335 e. The minimum absolute atomic E-state index is 0.0198. The highest BCUT2D eigenvalue weighted by Crippen LogP contribution is 2.38. The second kappa shape index (κ2) is 11.8. The minimum atomic E-state index is -1.00. The van der Waals surface area contributed by atoms with Gasteiger partial charge in [0.1, 0.15) is 5.75 Å². The Hall–Kier alpha value is -4.95. The van der Waals surface area contributed by atoms with Gasteiger partial charge in [0, 0.05) is 41.6 Å². The van der Waals surface area contributed by atoms with Crippen LogP contribution in [0.1, 0.15) is 38.8 Å². The van der Waals surface area contributed by atoms with Gasteiger partial charge in [-0.15, -0.1) is 0 Å². The second-order valence-corrected chi connectivity index (χ2v) is 9.44. The van der Waals surface area contributed by atoms with Gasteiger partial charge in [-0.3, -0.25) is 10.1 Å². The number of nitrogens with zero attached hydrogens (tertiary/aromatic N) is 2. The van der Waals surface area contributed by atoms with Crippen molar-refractivity contribution in [2.24, 2.45) is 5.73 Å². The molecule has 0 bridgehead atoms. The first-order chi connectivity index (χ1) is 19.5. The standard InChI is InChI=1S/C32H29N3O5/c33-19-17-30-27(18-20-40-26-14-11-24(12-15-26)32(36)37)28-21-25(35(38)39)13-16-29(28)34(30)31(22-7-3-1-4-8-22)23-9-5-2-6-10-23/h1-16,21,31H,17-20,33H2,(H,36,37). The molecule has 5 aromatic rings. The number of aromatic carboxylic acids is 1. The molecule has 0 unspecified atom stereocenters. The molecular formula is C32H29N3O5. The summed E-state index contributed by atoms with van der Waals surface area (Å²) in [6, 6.07) is 31.4. The molecule has 0 aliphatic rings. The third kappa shape index (κ3) is 5.43. The first kappa shape index (κ1) is 26.6. The summed E-state index contributed by atoms with van der Waals surface area (Å²) in [5.41, 5.74) is 11.3. The number of carboxylic acid groups (broad SMARTS) is 1. The largest absolute Gasteiger partial charge is 0.493 e. The number of nitrogens with two attached hydrogens (primary N) is 1. The summed E-state index contributed by atoms with van der Waals surface area (Å²) in [4.78, 5) is 22.5. The molecule has 0 aliphatic carbocycles. The van der Waals surface area contributed by atoms with Gasteiger partial charge in [0.15, 0.2) is 0 Å². The predicted octanol–water partition coefficient (Wildman–Crippen LogP) is 6.01. The van der Waals surface area contributed by atoms with Crippen LogP contribution in [0.3, 0.4) is 0 Å². The molecule has 0 fully saturated rings. The number of carbonyl (C=O) groups is 1. The molecule has 0 radical (unpaired) electrons. The molecule has 202 valence electrons. The van der Waals surface area contributed by atoms with Crippen LogP contribution in [0.25, 0.3) is 10.9 Å². The normalized spacial score (nSPS) is 11.2. The lowest BCUT2D eigenvalue weighted by atomic mass is 9.97. The van der Waals surface area contributed by atoms with E-state index < -0.39 is 5.97 Å². The highest BCUT2D eigenvalue weighted by atomic mass is 16.6. The van der Waals surface area contributed by atoms with E-state index >= 15 is 0 Å². The number of hydrogen-bond donors (Lipinski definition) is 2. The molecule has 3 N–H and O–H groups in total. The maximum atomic E-state index is 11.7. The summed E-state index contributed by atoms with van der Waals surface area (Å²) < 4.78 is 8.23. The van der Waals surface area contributed by atoms with Crippen molar-refractivity contribution in [2.45, 2.75) is 18.9 Å². The molecule has 4 aromatic carbocycles. The number of non-ortho nitro benzene ring substituents is 1. The van der Waals surface area contributed by atoms with Crippen molar-refractivity contribution in [3.05, 3.63) is 141 Å². The van der Waals surface area contributed by atoms with Crippen molar-refractivity contribution in [2.75, 3.05) is 13.2 Å². The maximum absolute atomic E-state index is 11.7. The lowest BCUT2D eigenvalue weighted by Crippen LogP contribution is -2.18. The molecule has 0 aliphatic heterocycles. The fourth-order valence-corrected chi connectivity index (χ4v) is 5.24. The van der Waals surface area contributed by atoms with Crippen molar-refractivity contribution >= 4 is 22.6 Å². The van der Waals surface area contributed by atoms with Crippen LogP contribution in [-0.4, -0.2) is 33.7 Å². The number of ether oxygens (including phenoxy) is 1. The van der Waals surface area contributed by atoms with Gasteiger partial charge >= 0.3 is 5.97 Å². The predicted molar refractivity (Wildman–Crippen MR) is 154 cm³/mol. The van der Waals surface area contributed by atoms with E-state index in [1.165, 1.54) is 12.1 Å². The van der Waals surface area contributed by atoms with Gasteiger partial charge in [-0.1, -0.05) is 60.7 Å². The number of nitro benzene ring substituents is 1. The molecule has 5 rings (SSSR count). The van der Waals surface area contributed by atoms with Gasteiger partial charge < -0.3 is 20.1 Å². The van der Waals surface area contributed by atoms with Gasteiger partial charge in [-0.05, 0) is 53.6 Å². The summed E-state index contributed by atoms with van der Waals surface area (Å²) >= 11 is 0.